The van der Waals surface area contributed by atoms with Crippen LogP contribution < -0.4 is 15.8 Å². The Morgan fingerprint density at radius 2 is 2.16 bits per heavy atom. The maximum Gasteiger partial charge on any atom is 0.274 e. The van der Waals surface area contributed by atoms with Gasteiger partial charge in [0.25, 0.3) is 5.91 Å². The molecule has 1 amide bonds. The maximum atomic E-state index is 13.0. The highest BCUT2D eigenvalue weighted by Gasteiger charge is 2.11. The van der Waals surface area contributed by atoms with Crippen molar-refractivity contribution < 1.29 is 13.9 Å². The van der Waals surface area contributed by atoms with Gasteiger partial charge in [-0.2, -0.15) is 0 Å². The Morgan fingerprint density at radius 3 is 2.84 bits per heavy atom. The van der Waals surface area contributed by atoms with Crippen LogP contribution in [-0.4, -0.2) is 18.0 Å². The van der Waals surface area contributed by atoms with Crippen molar-refractivity contribution in [1.29, 1.82) is 0 Å². The molecule has 1 aromatic carbocycles. The van der Waals surface area contributed by atoms with Crippen molar-refractivity contribution in [2.24, 2.45) is 0 Å². The second-order valence-electron chi connectivity index (χ2n) is 3.77. The standard InChI is InChI=1S/C13H12FN3O2/c1-19-12-6-8(14)2-3-10(12)17-13(18)11-7-9(15)4-5-16-11/h2-7H,1H3,(H2,15,16)(H,17,18). The number of hydrogen-bond donors (Lipinski definition) is 2. The van der Waals surface area contributed by atoms with Crippen molar-refractivity contribution in [2.45, 2.75) is 0 Å². The number of ether oxygens (including phenoxy) is 1. The van der Waals surface area contributed by atoms with E-state index in [1.807, 2.05) is 0 Å². The van der Waals surface area contributed by atoms with Gasteiger partial charge in [-0.05, 0) is 24.3 Å². The van der Waals surface area contributed by atoms with E-state index in [1.54, 1.807) is 6.07 Å². The van der Waals surface area contributed by atoms with Gasteiger partial charge in [-0.25, -0.2) is 4.39 Å². The normalized spacial score (nSPS) is 10.0. The van der Waals surface area contributed by atoms with Crippen molar-refractivity contribution in [3.05, 3.63) is 48.0 Å². The number of carbonyl (C=O) groups is 1. The van der Waals surface area contributed by atoms with Gasteiger partial charge < -0.3 is 15.8 Å². The van der Waals surface area contributed by atoms with Crippen LogP contribution in [0.4, 0.5) is 15.8 Å². The smallest absolute Gasteiger partial charge is 0.274 e. The summed E-state index contributed by atoms with van der Waals surface area (Å²) in [6, 6.07) is 6.85. The van der Waals surface area contributed by atoms with Crippen molar-refractivity contribution in [1.82, 2.24) is 4.98 Å². The number of anilines is 2. The second-order valence-corrected chi connectivity index (χ2v) is 3.77. The molecule has 0 bridgehead atoms. The monoisotopic (exact) mass is 261 g/mol. The molecule has 1 heterocycles. The minimum atomic E-state index is -0.447. The molecule has 19 heavy (non-hydrogen) atoms. The quantitative estimate of drug-likeness (QED) is 0.886. The Kier molecular flexibility index (Phi) is 3.61. The van der Waals surface area contributed by atoms with Gasteiger partial charge in [0.1, 0.15) is 17.3 Å². The summed E-state index contributed by atoms with van der Waals surface area (Å²) in [4.78, 5) is 15.8. The lowest BCUT2D eigenvalue weighted by Crippen LogP contribution is -2.14. The molecular weight excluding hydrogens is 249 g/mol. The third-order valence-electron chi connectivity index (χ3n) is 2.43. The summed E-state index contributed by atoms with van der Waals surface area (Å²) in [6.07, 6.45) is 1.44. The fourth-order valence-electron chi connectivity index (χ4n) is 1.53. The van der Waals surface area contributed by atoms with Gasteiger partial charge in [0.15, 0.2) is 0 Å². The molecule has 0 aliphatic carbocycles. The minimum absolute atomic E-state index is 0.173. The van der Waals surface area contributed by atoms with Gasteiger partial charge >= 0.3 is 0 Å². The number of nitrogens with zero attached hydrogens (tertiary/aromatic N) is 1. The summed E-state index contributed by atoms with van der Waals surface area (Å²) < 4.78 is 18.0. The predicted molar refractivity (Wildman–Crippen MR) is 69.6 cm³/mol. The van der Waals surface area contributed by atoms with Gasteiger partial charge in [0.2, 0.25) is 0 Å². The molecule has 3 N–H and O–H groups in total. The molecule has 2 aromatic rings. The van der Waals surface area contributed by atoms with Gasteiger partial charge in [-0.15, -0.1) is 0 Å². The number of carbonyl (C=O) groups excluding carboxylic acids is 1. The Bertz CT molecular complexity index is 617. The molecule has 98 valence electrons. The topological polar surface area (TPSA) is 77.2 Å². The molecule has 6 heteroatoms. The van der Waals surface area contributed by atoms with E-state index < -0.39 is 11.7 Å². The Balaban J connectivity index is 2.24. The average molecular weight is 261 g/mol. The lowest BCUT2D eigenvalue weighted by Gasteiger charge is -2.09. The largest absolute Gasteiger partial charge is 0.494 e. The van der Waals surface area contributed by atoms with Gasteiger partial charge in [-0.1, -0.05) is 0 Å². The number of nitrogen functional groups attached to an aromatic ring is 1. The summed E-state index contributed by atoms with van der Waals surface area (Å²) in [5.74, 6) is -0.661. The fourth-order valence-corrected chi connectivity index (χ4v) is 1.53. The molecule has 1 aromatic heterocycles. The van der Waals surface area contributed by atoms with Crippen molar-refractivity contribution in [2.75, 3.05) is 18.2 Å². The zero-order valence-corrected chi connectivity index (χ0v) is 10.2. The Labute approximate surface area is 109 Å². The molecule has 0 radical (unpaired) electrons. The number of nitrogens with one attached hydrogen (secondary N) is 1. The lowest BCUT2D eigenvalue weighted by atomic mass is 10.2. The van der Waals surface area contributed by atoms with Crippen LogP contribution in [0.3, 0.4) is 0 Å². The van der Waals surface area contributed by atoms with E-state index in [9.17, 15) is 9.18 Å². The van der Waals surface area contributed by atoms with E-state index in [2.05, 4.69) is 10.3 Å². The molecule has 5 nitrogen and oxygen atoms in total. The maximum absolute atomic E-state index is 13.0. The number of aromatic nitrogens is 1. The summed E-state index contributed by atoms with van der Waals surface area (Å²) in [6.45, 7) is 0. The summed E-state index contributed by atoms with van der Waals surface area (Å²) >= 11 is 0. The third kappa shape index (κ3) is 2.98. The summed E-state index contributed by atoms with van der Waals surface area (Å²) in [5.41, 5.74) is 6.54. The fraction of sp³-hybridized carbons (Fsp3) is 0.0769. The van der Waals surface area contributed by atoms with E-state index in [0.29, 0.717) is 11.4 Å². The number of pyridine rings is 1. The van der Waals surface area contributed by atoms with Crippen LogP contribution in [0.15, 0.2) is 36.5 Å². The molecule has 0 aliphatic heterocycles. The van der Waals surface area contributed by atoms with E-state index in [0.717, 1.165) is 0 Å². The van der Waals surface area contributed by atoms with Crippen LogP contribution in [0, 0.1) is 5.82 Å². The second kappa shape index (κ2) is 5.34. The first kappa shape index (κ1) is 12.8. The average Bonchev–Trinajstić information content (AvgIpc) is 2.40. The molecule has 0 aliphatic rings. The minimum Gasteiger partial charge on any atom is -0.494 e. The molecule has 2 rings (SSSR count). The highest BCUT2D eigenvalue weighted by atomic mass is 19.1. The van der Waals surface area contributed by atoms with Gasteiger partial charge in [0.05, 0.1) is 12.8 Å². The third-order valence-corrected chi connectivity index (χ3v) is 2.43. The first-order valence-corrected chi connectivity index (χ1v) is 5.46. The van der Waals surface area contributed by atoms with Crippen LogP contribution in [0.2, 0.25) is 0 Å². The zero-order chi connectivity index (χ0) is 13.8. The summed E-state index contributed by atoms with van der Waals surface area (Å²) in [7, 11) is 1.39. The SMILES string of the molecule is COc1cc(F)ccc1NC(=O)c1cc(N)ccn1. The number of halogens is 1. The molecule has 0 saturated carbocycles. The number of nitrogens with two attached hydrogens (primary N) is 1. The lowest BCUT2D eigenvalue weighted by molar-refractivity contribution is 0.102. The Morgan fingerprint density at radius 1 is 1.37 bits per heavy atom. The van der Waals surface area contributed by atoms with E-state index in [1.165, 1.54) is 37.6 Å². The first-order chi connectivity index (χ1) is 9.10. The van der Waals surface area contributed by atoms with Crippen LogP contribution in [0.25, 0.3) is 0 Å². The van der Waals surface area contributed by atoms with E-state index in [-0.39, 0.29) is 11.4 Å². The van der Waals surface area contributed by atoms with E-state index in [4.69, 9.17) is 10.5 Å². The zero-order valence-electron chi connectivity index (χ0n) is 10.2. The number of methoxy groups -OCH3 is 1. The molecular formula is C13H12FN3O2. The van der Waals surface area contributed by atoms with Crippen molar-refractivity contribution in [3.8, 4) is 5.75 Å². The van der Waals surface area contributed by atoms with E-state index >= 15 is 0 Å². The molecule has 0 fully saturated rings. The number of amides is 1. The van der Waals surface area contributed by atoms with Crippen LogP contribution in [-0.2, 0) is 0 Å². The van der Waals surface area contributed by atoms with Gasteiger partial charge in [0, 0.05) is 18.0 Å². The summed E-state index contributed by atoms with van der Waals surface area (Å²) in [5, 5.41) is 2.58. The molecule has 0 saturated heterocycles. The van der Waals surface area contributed by atoms with Gasteiger partial charge in [-0.3, -0.25) is 9.78 Å². The van der Waals surface area contributed by atoms with Crippen LogP contribution in [0.1, 0.15) is 10.5 Å². The highest BCUT2D eigenvalue weighted by molar-refractivity contribution is 6.04. The number of benzene rings is 1. The van der Waals surface area contributed by atoms with Crippen molar-refractivity contribution in [3.63, 3.8) is 0 Å². The van der Waals surface area contributed by atoms with Crippen LogP contribution >= 0.6 is 0 Å². The predicted octanol–water partition coefficient (Wildman–Crippen LogP) is 2.06. The number of hydrogen-bond acceptors (Lipinski definition) is 4. The van der Waals surface area contributed by atoms with Crippen LogP contribution in [0.5, 0.6) is 5.75 Å². The molecule has 0 atom stereocenters. The highest BCUT2D eigenvalue weighted by Crippen LogP contribution is 2.25. The molecule has 0 spiro atoms. The van der Waals surface area contributed by atoms with Crippen molar-refractivity contribution >= 4 is 17.3 Å². The Hall–Kier alpha value is -2.63. The first-order valence-electron chi connectivity index (χ1n) is 5.46. The number of rotatable bonds is 3. The molecule has 0 unspecified atom stereocenters.